The minimum atomic E-state index is -0.894. The van der Waals surface area contributed by atoms with Crippen molar-refractivity contribution in [2.45, 2.75) is 32.4 Å². The van der Waals surface area contributed by atoms with E-state index in [0.29, 0.717) is 10.6 Å². The van der Waals surface area contributed by atoms with Crippen molar-refractivity contribution in [1.82, 2.24) is 5.32 Å². The van der Waals surface area contributed by atoms with Crippen LogP contribution in [-0.4, -0.2) is 42.2 Å². The minimum Gasteiger partial charge on any atom is -0.465 e. The second kappa shape index (κ2) is 8.77. The number of nitrogens with one attached hydrogen (secondary N) is 1. The number of rotatable bonds is 8. The molecule has 1 aromatic rings. The fraction of sp³-hybridized carbons (Fsp3) is 0.467. The lowest BCUT2D eigenvalue weighted by atomic mass is 10.1. The first-order chi connectivity index (χ1) is 9.95. The molecule has 0 radical (unpaired) electrons. The first-order valence-corrected chi connectivity index (χ1v) is 7.20. The van der Waals surface area contributed by atoms with Crippen LogP contribution in [0.5, 0.6) is 0 Å². The number of carbonyl (C=O) groups is 2. The third kappa shape index (κ3) is 5.83. The highest BCUT2D eigenvalue weighted by molar-refractivity contribution is 6.30. The Hall–Kier alpha value is -1.43. The average molecular weight is 314 g/mol. The van der Waals surface area contributed by atoms with Gasteiger partial charge in [-0.25, -0.2) is 0 Å². The molecule has 2 N–H and O–H groups in total. The van der Waals surface area contributed by atoms with Gasteiger partial charge in [-0.05, 0) is 38.1 Å². The highest BCUT2D eigenvalue weighted by Crippen LogP contribution is 2.11. The number of Topliss-reactive ketones (excluding diaryl/α,β-unsaturated/α-hetero) is 1. The Morgan fingerprint density at radius 3 is 2.48 bits per heavy atom. The Labute approximate surface area is 129 Å². The van der Waals surface area contributed by atoms with E-state index in [4.69, 9.17) is 16.3 Å². The Morgan fingerprint density at radius 1 is 1.33 bits per heavy atom. The predicted octanol–water partition coefficient (Wildman–Crippen LogP) is 1.81. The molecule has 0 saturated heterocycles. The maximum absolute atomic E-state index is 11.9. The van der Waals surface area contributed by atoms with Gasteiger partial charge in [0, 0.05) is 23.6 Å². The van der Waals surface area contributed by atoms with Crippen LogP contribution < -0.4 is 5.32 Å². The molecular weight excluding hydrogens is 294 g/mol. The van der Waals surface area contributed by atoms with Crippen molar-refractivity contribution in [3.8, 4) is 0 Å². The normalized spacial score (nSPS) is 13.5. The van der Waals surface area contributed by atoms with E-state index in [-0.39, 0.29) is 25.4 Å². The molecule has 0 aliphatic carbocycles. The van der Waals surface area contributed by atoms with E-state index in [1.807, 2.05) is 0 Å². The molecule has 0 aliphatic rings. The van der Waals surface area contributed by atoms with Crippen molar-refractivity contribution < 1.29 is 19.4 Å². The third-order valence-electron chi connectivity index (χ3n) is 2.91. The monoisotopic (exact) mass is 313 g/mol. The zero-order valence-electron chi connectivity index (χ0n) is 12.1. The maximum Gasteiger partial charge on any atom is 0.325 e. The highest BCUT2D eigenvalue weighted by Gasteiger charge is 2.24. The van der Waals surface area contributed by atoms with Gasteiger partial charge in [0.2, 0.25) is 0 Å². The van der Waals surface area contributed by atoms with Crippen LogP contribution in [0.15, 0.2) is 24.3 Å². The summed E-state index contributed by atoms with van der Waals surface area (Å²) in [7, 11) is 0. The van der Waals surface area contributed by atoms with Crippen LogP contribution in [0.1, 0.15) is 30.6 Å². The summed E-state index contributed by atoms with van der Waals surface area (Å²) in [5.41, 5.74) is 0.561. The van der Waals surface area contributed by atoms with Crippen LogP contribution in [0.3, 0.4) is 0 Å². The van der Waals surface area contributed by atoms with Gasteiger partial charge in [0.25, 0.3) is 0 Å². The van der Waals surface area contributed by atoms with E-state index in [9.17, 15) is 14.7 Å². The lowest BCUT2D eigenvalue weighted by Gasteiger charge is -2.19. The molecule has 0 spiro atoms. The molecule has 0 saturated carbocycles. The van der Waals surface area contributed by atoms with Crippen molar-refractivity contribution in [2.24, 2.45) is 0 Å². The van der Waals surface area contributed by atoms with E-state index in [0.717, 1.165) is 0 Å². The summed E-state index contributed by atoms with van der Waals surface area (Å²) < 4.78 is 4.86. The number of hydrogen-bond acceptors (Lipinski definition) is 5. The Balaban J connectivity index is 2.48. The average Bonchev–Trinajstić information content (AvgIpc) is 2.43. The summed E-state index contributed by atoms with van der Waals surface area (Å²) in [6, 6.07) is 5.78. The van der Waals surface area contributed by atoms with Gasteiger partial charge in [-0.2, -0.15) is 0 Å². The molecular formula is C15H20ClNO4. The summed E-state index contributed by atoms with van der Waals surface area (Å²) in [5, 5.41) is 13.0. The number of carbonyl (C=O) groups excluding carboxylic acids is 2. The molecule has 116 valence electrons. The lowest BCUT2D eigenvalue weighted by molar-refractivity contribution is -0.148. The van der Waals surface area contributed by atoms with Crippen LogP contribution >= 0.6 is 11.6 Å². The summed E-state index contributed by atoms with van der Waals surface area (Å²) in [5.74, 6) is -0.584. The van der Waals surface area contributed by atoms with E-state index < -0.39 is 18.1 Å². The highest BCUT2D eigenvalue weighted by atomic mass is 35.5. The summed E-state index contributed by atoms with van der Waals surface area (Å²) in [6.45, 7) is 3.71. The number of hydrogen-bond donors (Lipinski definition) is 2. The molecule has 0 heterocycles. The van der Waals surface area contributed by atoms with Crippen LogP contribution in [0.2, 0.25) is 5.02 Å². The van der Waals surface area contributed by atoms with Crippen molar-refractivity contribution in [1.29, 1.82) is 0 Å². The zero-order chi connectivity index (χ0) is 15.8. The van der Waals surface area contributed by atoms with Gasteiger partial charge in [0.15, 0.2) is 5.78 Å². The standard InChI is InChI=1S/C15H20ClNO4/c1-3-21-15(20)14(10(2)18)17-9-8-13(19)11-4-6-12(16)7-5-11/h4-7,10,14,17-18H,3,8-9H2,1-2H3/t10-,14+/m1/s1. The van der Waals surface area contributed by atoms with Crippen molar-refractivity contribution in [3.05, 3.63) is 34.9 Å². The smallest absolute Gasteiger partial charge is 0.325 e. The zero-order valence-corrected chi connectivity index (χ0v) is 12.9. The molecule has 0 amide bonds. The van der Waals surface area contributed by atoms with E-state index in [1.165, 1.54) is 6.92 Å². The molecule has 0 aromatic heterocycles. The first kappa shape index (κ1) is 17.6. The SMILES string of the molecule is CCOC(=O)[C@@H](NCCC(=O)c1ccc(Cl)cc1)[C@@H](C)O. The second-order valence-corrected chi connectivity index (χ2v) is 5.04. The Morgan fingerprint density at radius 2 is 1.95 bits per heavy atom. The van der Waals surface area contributed by atoms with Crippen LogP contribution in [0.25, 0.3) is 0 Å². The number of ketones is 1. The van der Waals surface area contributed by atoms with Crippen LogP contribution in [0.4, 0.5) is 0 Å². The molecule has 21 heavy (non-hydrogen) atoms. The predicted molar refractivity (Wildman–Crippen MR) is 80.5 cm³/mol. The minimum absolute atomic E-state index is 0.0626. The molecule has 0 bridgehead atoms. The molecule has 0 unspecified atom stereocenters. The fourth-order valence-electron chi connectivity index (χ4n) is 1.80. The maximum atomic E-state index is 11.9. The molecule has 0 aliphatic heterocycles. The second-order valence-electron chi connectivity index (χ2n) is 4.60. The summed E-state index contributed by atoms with van der Waals surface area (Å²) in [6.07, 6.45) is -0.681. The largest absolute Gasteiger partial charge is 0.465 e. The van der Waals surface area contributed by atoms with Crippen molar-refractivity contribution in [2.75, 3.05) is 13.2 Å². The first-order valence-electron chi connectivity index (χ1n) is 6.82. The molecule has 6 heteroatoms. The molecule has 1 rings (SSSR count). The Bertz CT molecular complexity index is 473. The lowest BCUT2D eigenvalue weighted by Crippen LogP contribution is -2.46. The van der Waals surface area contributed by atoms with Crippen LogP contribution in [-0.2, 0) is 9.53 Å². The van der Waals surface area contributed by atoms with E-state index in [2.05, 4.69) is 5.32 Å². The number of aliphatic hydroxyl groups is 1. The molecule has 1 aromatic carbocycles. The van der Waals surface area contributed by atoms with Crippen LogP contribution in [0, 0.1) is 0 Å². The van der Waals surface area contributed by atoms with Gasteiger partial charge in [-0.1, -0.05) is 11.6 Å². The van der Waals surface area contributed by atoms with Gasteiger partial charge in [0.05, 0.1) is 12.7 Å². The van der Waals surface area contributed by atoms with Gasteiger partial charge < -0.3 is 15.2 Å². The molecule has 5 nitrogen and oxygen atoms in total. The van der Waals surface area contributed by atoms with E-state index in [1.54, 1.807) is 31.2 Å². The summed E-state index contributed by atoms with van der Waals surface area (Å²) >= 11 is 5.76. The van der Waals surface area contributed by atoms with Gasteiger partial charge in [-0.15, -0.1) is 0 Å². The number of benzene rings is 1. The Kier molecular flexibility index (Phi) is 7.36. The number of aliphatic hydroxyl groups excluding tert-OH is 1. The quantitative estimate of drug-likeness (QED) is 0.565. The van der Waals surface area contributed by atoms with Crippen molar-refractivity contribution in [3.63, 3.8) is 0 Å². The third-order valence-corrected chi connectivity index (χ3v) is 3.16. The number of halogens is 1. The summed E-state index contributed by atoms with van der Waals surface area (Å²) in [4.78, 5) is 23.6. The topological polar surface area (TPSA) is 75.6 Å². The molecule has 2 atom stereocenters. The molecule has 0 fully saturated rings. The van der Waals surface area contributed by atoms with Gasteiger partial charge in [0.1, 0.15) is 6.04 Å². The van der Waals surface area contributed by atoms with Gasteiger partial charge >= 0.3 is 5.97 Å². The van der Waals surface area contributed by atoms with E-state index >= 15 is 0 Å². The van der Waals surface area contributed by atoms with Crippen molar-refractivity contribution >= 4 is 23.4 Å². The fourth-order valence-corrected chi connectivity index (χ4v) is 1.93. The number of esters is 1. The van der Waals surface area contributed by atoms with Gasteiger partial charge in [-0.3, -0.25) is 9.59 Å². The number of ether oxygens (including phenoxy) is 1.